The van der Waals surface area contributed by atoms with Gasteiger partial charge < -0.3 is 9.64 Å². The van der Waals surface area contributed by atoms with Crippen LogP contribution >= 0.6 is 0 Å². The number of carbonyl (C=O) groups is 1. The van der Waals surface area contributed by atoms with Crippen molar-refractivity contribution in [1.29, 1.82) is 0 Å². The minimum atomic E-state index is -0.662. The van der Waals surface area contributed by atoms with Crippen molar-refractivity contribution in [3.05, 3.63) is 35.4 Å². The molecule has 0 aliphatic carbocycles. The first-order valence-electron chi connectivity index (χ1n) is 4.94. The van der Waals surface area contributed by atoms with Gasteiger partial charge in [0.25, 0.3) is 0 Å². The smallest absolute Gasteiger partial charge is 0.410 e. The number of carbonyl (C=O) groups excluding carboxylic acids is 1. The first-order valence-corrected chi connectivity index (χ1v) is 4.94. The van der Waals surface area contributed by atoms with Crippen LogP contribution in [0, 0.1) is 11.6 Å². The first-order chi connectivity index (χ1) is 7.56. The van der Waals surface area contributed by atoms with Crippen molar-refractivity contribution in [2.24, 2.45) is 0 Å². The second kappa shape index (κ2) is 4.08. The first kappa shape index (κ1) is 10.9. The number of ether oxygens (including phenoxy) is 1. The van der Waals surface area contributed by atoms with Gasteiger partial charge in [0.05, 0.1) is 0 Å². The molecule has 0 N–H and O–H groups in total. The lowest BCUT2D eigenvalue weighted by Crippen LogP contribution is -2.35. The van der Waals surface area contributed by atoms with Gasteiger partial charge in [0.2, 0.25) is 0 Å². The van der Waals surface area contributed by atoms with Crippen LogP contribution in [0.3, 0.4) is 0 Å². The summed E-state index contributed by atoms with van der Waals surface area (Å²) in [5.41, 5.74) is 0.360. The molecule has 1 fully saturated rings. The van der Waals surface area contributed by atoms with E-state index in [9.17, 15) is 13.6 Å². The largest absolute Gasteiger partial charge is 0.441 e. The van der Waals surface area contributed by atoms with Gasteiger partial charge in [-0.3, -0.25) is 0 Å². The maximum Gasteiger partial charge on any atom is 0.410 e. The van der Waals surface area contributed by atoms with Crippen LogP contribution in [0.25, 0.3) is 0 Å². The molecule has 86 valence electrons. The maximum absolute atomic E-state index is 13.0. The van der Waals surface area contributed by atoms with E-state index in [2.05, 4.69) is 0 Å². The summed E-state index contributed by atoms with van der Waals surface area (Å²) in [6, 6.07) is 3.17. The third kappa shape index (κ3) is 2.13. The Morgan fingerprint density at radius 2 is 1.94 bits per heavy atom. The van der Waals surface area contributed by atoms with E-state index in [0.717, 1.165) is 6.07 Å². The van der Waals surface area contributed by atoms with Crippen molar-refractivity contribution in [3.8, 4) is 0 Å². The Kier molecular flexibility index (Phi) is 2.77. The van der Waals surface area contributed by atoms with Crippen molar-refractivity contribution >= 4 is 6.09 Å². The Bertz CT molecular complexity index is 402. The minimum absolute atomic E-state index is 0.360. The van der Waals surface area contributed by atoms with Crippen LogP contribution in [-0.4, -0.2) is 24.6 Å². The zero-order chi connectivity index (χ0) is 11.7. The number of cyclic esters (lactones) is 1. The summed E-state index contributed by atoms with van der Waals surface area (Å²) in [7, 11) is 1.62. The normalized spacial score (nSPS) is 20.8. The third-order valence-corrected chi connectivity index (χ3v) is 2.54. The zero-order valence-electron chi connectivity index (χ0n) is 8.74. The lowest BCUT2D eigenvalue weighted by molar-refractivity contribution is 0.0321. The fraction of sp³-hybridized carbons (Fsp3) is 0.364. The van der Waals surface area contributed by atoms with Crippen LogP contribution in [0.4, 0.5) is 13.6 Å². The summed E-state index contributed by atoms with van der Waals surface area (Å²) in [6.07, 6.45) is -0.500. The Morgan fingerprint density at radius 1 is 1.31 bits per heavy atom. The van der Waals surface area contributed by atoms with E-state index in [4.69, 9.17) is 4.74 Å². The predicted molar refractivity (Wildman–Crippen MR) is 52.8 cm³/mol. The Labute approximate surface area is 91.6 Å². The zero-order valence-corrected chi connectivity index (χ0v) is 8.74. The fourth-order valence-electron chi connectivity index (χ4n) is 1.67. The van der Waals surface area contributed by atoms with E-state index in [1.807, 2.05) is 0 Å². The fourth-order valence-corrected chi connectivity index (χ4v) is 1.67. The molecule has 1 heterocycles. The molecule has 1 amide bonds. The molecule has 1 atom stereocenters. The molecule has 5 heteroatoms. The molecule has 0 unspecified atom stereocenters. The van der Waals surface area contributed by atoms with Gasteiger partial charge in [-0.05, 0) is 17.7 Å². The summed E-state index contributed by atoms with van der Waals surface area (Å²) in [6.45, 7) is 0.516. The van der Waals surface area contributed by atoms with Crippen LogP contribution in [-0.2, 0) is 4.74 Å². The van der Waals surface area contributed by atoms with Crippen LogP contribution in [0.5, 0.6) is 0 Å². The highest BCUT2D eigenvalue weighted by atomic mass is 19.1. The summed E-state index contributed by atoms with van der Waals surface area (Å²) < 4.78 is 31.0. The second-order valence-electron chi connectivity index (χ2n) is 3.79. The van der Waals surface area contributed by atoms with E-state index in [1.54, 1.807) is 7.05 Å². The van der Waals surface area contributed by atoms with E-state index >= 15 is 0 Å². The molecule has 2 rings (SSSR count). The molecular formula is C11H11F2NO2. The second-order valence-corrected chi connectivity index (χ2v) is 3.79. The maximum atomic E-state index is 13.0. The molecule has 16 heavy (non-hydrogen) atoms. The molecule has 0 bridgehead atoms. The van der Waals surface area contributed by atoms with E-state index in [0.29, 0.717) is 18.5 Å². The molecule has 3 nitrogen and oxygen atoms in total. The van der Waals surface area contributed by atoms with Crippen LogP contribution in [0.2, 0.25) is 0 Å². The highest BCUT2D eigenvalue weighted by Crippen LogP contribution is 2.27. The highest BCUT2D eigenvalue weighted by Gasteiger charge is 2.26. The number of hydrogen-bond donors (Lipinski definition) is 0. The molecule has 1 aromatic carbocycles. The monoisotopic (exact) mass is 227 g/mol. The number of rotatable bonds is 1. The van der Waals surface area contributed by atoms with Crippen LogP contribution in [0.15, 0.2) is 18.2 Å². The third-order valence-electron chi connectivity index (χ3n) is 2.54. The summed E-state index contributed by atoms with van der Waals surface area (Å²) in [4.78, 5) is 12.7. The molecule has 1 aromatic rings. The van der Waals surface area contributed by atoms with Crippen molar-refractivity contribution in [2.45, 2.75) is 12.5 Å². The van der Waals surface area contributed by atoms with Gasteiger partial charge in [0, 0.05) is 26.1 Å². The average Bonchev–Trinajstić information content (AvgIpc) is 2.20. The number of halogens is 2. The van der Waals surface area contributed by atoms with Crippen LogP contribution in [0.1, 0.15) is 18.1 Å². The molecular weight excluding hydrogens is 216 g/mol. The number of nitrogens with zero attached hydrogens (tertiary/aromatic N) is 1. The van der Waals surface area contributed by atoms with E-state index < -0.39 is 23.8 Å². The lowest BCUT2D eigenvalue weighted by Gasteiger charge is -2.29. The van der Waals surface area contributed by atoms with Gasteiger partial charge in [0.1, 0.15) is 17.7 Å². The molecule has 0 radical (unpaired) electrons. The quantitative estimate of drug-likeness (QED) is 0.737. The Balaban J connectivity index is 2.21. The Hall–Kier alpha value is -1.65. The average molecular weight is 227 g/mol. The minimum Gasteiger partial charge on any atom is -0.441 e. The van der Waals surface area contributed by atoms with Crippen LogP contribution < -0.4 is 0 Å². The van der Waals surface area contributed by atoms with E-state index in [1.165, 1.54) is 17.0 Å². The topological polar surface area (TPSA) is 29.5 Å². The number of hydrogen-bond acceptors (Lipinski definition) is 2. The highest BCUT2D eigenvalue weighted by molar-refractivity contribution is 5.68. The molecule has 0 spiro atoms. The van der Waals surface area contributed by atoms with Gasteiger partial charge in [0.15, 0.2) is 0 Å². The van der Waals surface area contributed by atoms with Gasteiger partial charge >= 0.3 is 6.09 Å². The van der Waals surface area contributed by atoms with Crippen molar-refractivity contribution in [1.82, 2.24) is 4.90 Å². The summed E-state index contributed by atoms with van der Waals surface area (Å²) >= 11 is 0. The van der Waals surface area contributed by atoms with Gasteiger partial charge in [-0.25, -0.2) is 13.6 Å². The molecule has 0 aromatic heterocycles. The summed E-state index contributed by atoms with van der Waals surface area (Å²) in [5, 5.41) is 0. The number of benzene rings is 1. The Morgan fingerprint density at radius 3 is 2.50 bits per heavy atom. The van der Waals surface area contributed by atoms with Crippen molar-refractivity contribution in [3.63, 3.8) is 0 Å². The van der Waals surface area contributed by atoms with Gasteiger partial charge in [-0.1, -0.05) is 0 Å². The molecule has 1 aliphatic rings. The SMILES string of the molecule is CN1CC[C@@H](c2cc(F)cc(F)c2)OC1=O. The van der Waals surface area contributed by atoms with Gasteiger partial charge in [-0.15, -0.1) is 0 Å². The summed E-state index contributed by atoms with van der Waals surface area (Å²) in [5.74, 6) is -1.32. The standard InChI is InChI=1S/C11H11F2NO2/c1-14-3-2-10(16-11(14)15)7-4-8(12)6-9(13)5-7/h4-6,10H,2-3H2,1H3/t10-/m0/s1. The number of amides is 1. The lowest BCUT2D eigenvalue weighted by atomic mass is 10.1. The van der Waals surface area contributed by atoms with Gasteiger partial charge in [-0.2, -0.15) is 0 Å². The molecule has 0 saturated carbocycles. The van der Waals surface area contributed by atoms with Crippen molar-refractivity contribution in [2.75, 3.05) is 13.6 Å². The molecule has 1 aliphatic heterocycles. The van der Waals surface area contributed by atoms with Crippen molar-refractivity contribution < 1.29 is 18.3 Å². The van der Waals surface area contributed by atoms with E-state index in [-0.39, 0.29) is 0 Å². The molecule has 1 saturated heterocycles. The predicted octanol–water partition coefficient (Wildman–Crippen LogP) is 2.48.